The van der Waals surface area contributed by atoms with Gasteiger partial charge in [-0.05, 0) is 49.1 Å². The minimum Gasteiger partial charge on any atom is -0.478 e. The third-order valence-corrected chi connectivity index (χ3v) is 7.56. The van der Waals surface area contributed by atoms with Crippen molar-refractivity contribution in [1.29, 1.82) is 0 Å². The van der Waals surface area contributed by atoms with E-state index in [1.54, 1.807) is 24.3 Å². The van der Waals surface area contributed by atoms with Crippen molar-refractivity contribution in [3.05, 3.63) is 102 Å². The lowest BCUT2D eigenvalue weighted by atomic mass is 10.1. The smallest absolute Gasteiger partial charge is 0.241 e. The number of hydrogen-bond acceptors (Lipinski definition) is 4. The van der Waals surface area contributed by atoms with Crippen LogP contribution in [0.15, 0.2) is 94.9 Å². The van der Waals surface area contributed by atoms with Crippen molar-refractivity contribution < 1.29 is 13.2 Å². The van der Waals surface area contributed by atoms with Crippen molar-refractivity contribution in [3.8, 4) is 0 Å². The molecule has 174 valence electrons. The van der Waals surface area contributed by atoms with Crippen LogP contribution in [0.25, 0.3) is 10.9 Å². The molecule has 2 atom stereocenters. The summed E-state index contributed by atoms with van der Waals surface area (Å²) in [6, 6.07) is 24.3. The Bertz CT molecular complexity index is 1410. The first-order valence-corrected chi connectivity index (χ1v) is 12.8. The van der Waals surface area contributed by atoms with E-state index in [1.165, 1.54) is 5.56 Å². The number of aliphatic imine (C=N–C) groups is 1. The monoisotopic (exact) mass is 473 g/mol. The highest BCUT2D eigenvalue weighted by atomic mass is 32.2. The van der Waals surface area contributed by atoms with Gasteiger partial charge >= 0.3 is 0 Å². The molecule has 0 amide bonds. The van der Waals surface area contributed by atoms with E-state index in [-0.39, 0.29) is 10.9 Å². The van der Waals surface area contributed by atoms with Crippen LogP contribution in [-0.2, 0) is 27.6 Å². The molecule has 4 aromatic rings. The summed E-state index contributed by atoms with van der Waals surface area (Å²) < 4.78 is 35.3. The second-order valence-electron chi connectivity index (χ2n) is 8.67. The SMILES string of the molecule is Cc1ccc(S(=O)(=O)N[C@@H](Cc2c[nH]c3ccccc23)C2=N[C@@H](Cc3ccccc3)CO2)cc1. The summed E-state index contributed by atoms with van der Waals surface area (Å²) in [6.07, 6.45) is 3.09. The number of rotatable bonds is 8. The fourth-order valence-electron chi connectivity index (χ4n) is 4.29. The summed E-state index contributed by atoms with van der Waals surface area (Å²) >= 11 is 0. The molecule has 34 heavy (non-hydrogen) atoms. The highest BCUT2D eigenvalue weighted by Gasteiger charge is 2.31. The maximum absolute atomic E-state index is 13.2. The van der Waals surface area contributed by atoms with Crippen LogP contribution in [0.1, 0.15) is 16.7 Å². The van der Waals surface area contributed by atoms with E-state index >= 15 is 0 Å². The maximum atomic E-state index is 13.2. The molecule has 3 aromatic carbocycles. The highest BCUT2D eigenvalue weighted by molar-refractivity contribution is 7.89. The van der Waals surface area contributed by atoms with Crippen LogP contribution in [0, 0.1) is 6.92 Å². The molecule has 5 rings (SSSR count). The summed E-state index contributed by atoms with van der Waals surface area (Å²) in [7, 11) is -3.77. The Balaban J connectivity index is 1.44. The van der Waals surface area contributed by atoms with Crippen LogP contribution < -0.4 is 4.72 Å². The van der Waals surface area contributed by atoms with Gasteiger partial charge in [0.2, 0.25) is 15.9 Å². The van der Waals surface area contributed by atoms with Gasteiger partial charge in [0.1, 0.15) is 12.6 Å². The average Bonchev–Trinajstić information content (AvgIpc) is 3.47. The summed E-state index contributed by atoms with van der Waals surface area (Å²) in [5.74, 6) is 0.432. The van der Waals surface area contributed by atoms with Crippen molar-refractivity contribution in [2.24, 2.45) is 4.99 Å². The van der Waals surface area contributed by atoms with E-state index in [9.17, 15) is 8.42 Å². The van der Waals surface area contributed by atoms with E-state index in [4.69, 9.17) is 9.73 Å². The molecule has 2 heterocycles. The number of ether oxygens (including phenoxy) is 1. The van der Waals surface area contributed by atoms with Gasteiger partial charge in [-0.2, -0.15) is 4.72 Å². The summed E-state index contributed by atoms with van der Waals surface area (Å²) in [4.78, 5) is 8.29. The van der Waals surface area contributed by atoms with E-state index in [0.29, 0.717) is 18.9 Å². The van der Waals surface area contributed by atoms with Crippen LogP contribution >= 0.6 is 0 Å². The molecule has 0 saturated heterocycles. The molecule has 1 aliphatic rings. The molecule has 1 aromatic heterocycles. The van der Waals surface area contributed by atoms with Crippen LogP contribution in [0.3, 0.4) is 0 Å². The predicted molar refractivity (Wildman–Crippen MR) is 135 cm³/mol. The number of H-pyrrole nitrogens is 1. The third-order valence-electron chi connectivity index (χ3n) is 6.07. The fourth-order valence-corrected chi connectivity index (χ4v) is 5.48. The van der Waals surface area contributed by atoms with Gasteiger partial charge in [0, 0.05) is 17.1 Å². The number of fused-ring (bicyclic) bond motifs is 1. The van der Waals surface area contributed by atoms with Crippen LogP contribution in [0.5, 0.6) is 0 Å². The van der Waals surface area contributed by atoms with Crippen molar-refractivity contribution in [2.45, 2.75) is 36.7 Å². The molecule has 2 N–H and O–H groups in total. The van der Waals surface area contributed by atoms with Crippen LogP contribution in [-0.4, -0.2) is 38.0 Å². The Kier molecular flexibility index (Phi) is 6.22. The number of nitrogens with one attached hydrogen (secondary N) is 2. The zero-order valence-electron chi connectivity index (χ0n) is 18.9. The number of aromatic amines is 1. The number of hydrogen-bond donors (Lipinski definition) is 2. The molecule has 0 unspecified atom stereocenters. The average molecular weight is 474 g/mol. The van der Waals surface area contributed by atoms with Crippen molar-refractivity contribution in [3.63, 3.8) is 0 Å². The molecule has 0 bridgehead atoms. The van der Waals surface area contributed by atoms with E-state index in [2.05, 4.69) is 21.8 Å². The second kappa shape index (κ2) is 9.44. The van der Waals surface area contributed by atoms with Gasteiger partial charge in [-0.15, -0.1) is 0 Å². The summed E-state index contributed by atoms with van der Waals surface area (Å²) in [5.41, 5.74) is 4.19. The van der Waals surface area contributed by atoms with Crippen molar-refractivity contribution >= 4 is 26.8 Å². The minimum atomic E-state index is -3.77. The molecule has 0 saturated carbocycles. The van der Waals surface area contributed by atoms with E-state index in [0.717, 1.165) is 28.5 Å². The highest BCUT2D eigenvalue weighted by Crippen LogP contribution is 2.22. The van der Waals surface area contributed by atoms with Gasteiger partial charge in [0.15, 0.2) is 0 Å². The van der Waals surface area contributed by atoms with Crippen LogP contribution in [0.2, 0.25) is 0 Å². The van der Waals surface area contributed by atoms with Gasteiger partial charge in [-0.1, -0.05) is 66.2 Å². The molecule has 1 aliphatic heterocycles. The maximum Gasteiger partial charge on any atom is 0.241 e. The zero-order valence-corrected chi connectivity index (χ0v) is 19.8. The lowest BCUT2D eigenvalue weighted by Gasteiger charge is -2.18. The molecule has 0 radical (unpaired) electrons. The summed E-state index contributed by atoms with van der Waals surface area (Å²) in [6.45, 7) is 2.36. The van der Waals surface area contributed by atoms with E-state index in [1.807, 2.05) is 55.6 Å². The predicted octanol–water partition coefficient (Wildman–Crippen LogP) is 4.41. The molecule has 7 heteroatoms. The number of para-hydroxylation sites is 1. The molecule has 6 nitrogen and oxygen atoms in total. The van der Waals surface area contributed by atoms with Crippen LogP contribution in [0.4, 0.5) is 0 Å². The van der Waals surface area contributed by atoms with Crippen molar-refractivity contribution in [1.82, 2.24) is 9.71 Å². The minimum absolute atomic E-state index is 0.0493. The van der Waals surface area contributed by atoms with Gasteiger partial charge in [0.25, 0.3) is 0 Å². The zero-order chi connectivity index (χ0) is 23.5. The number of sulfonamides is 1. The lowest BCUT2D eigenvalue weighted by Crippen LogP contribution is -2.42. The molecule has 0 spiro atoms. The Morgan fingerprint density at radius 3 is 2.56 bits per heavy atom. The molecular formula is C27H27N3O3S. The topological polar surface area (TPSA) is 83.5 Å². The molecular weight excluding hydrogens is 446 g/mol. The van der Waals surface area contributed by atoms with Gasteiger partial charge in [-0.25, -0.2) is 13.4 Å². The normalized spacial score (nSPS) is 16.9. The Labute approximate surface area is 199 Å². The fraction of sp³-hybridized carbons (Fsp3) is 0.222. The van der Waals surface area contributed by atoms with Gasteiger partial charge < -0.3 is 9.72 Å². The number of benzene rings is 3. The first kappa shape index (κ1) is 22.4. The van der Waals surface area contributed by atoms with E-state index < -0.39 is 16.1 Å². The van der Waals surface area contributed by atoms with Crippen molar-refractivity contribution in [2.75, 3.05) is 6.61 Å². The first-order chi connectivity index (χ1) is 16.5. The quantitative estimate of drug-likeness (QED) is 0.398. The third kappa shape index (κ3) is 4.90. The molecule has 0 fully saturated rings. The number of nitrogens with zero attached hydrogens (tertiary/aromatic N) is 1. The number of aromatic nitrogens is 1. The van der Waals surface area contributed by atoms with Gasteiger partial charge in [-0.3, -0.25) is 0 Å². The second-order valence-corrected chi connectivity index (χ2v) is 10.4. The Morgan fingerprint density at radius 1 is 1.03 bits per heavy atom. The Hall–Kier alpha value is -3.42. The standard InChI is InChI=1S/C27H27N3O3S/c1-19-11-13-23(14-12-19)34(31,32)30-26(16-21-17-28-25-10-6-5-9-24(21)25)27-29-22(18-33-27)15-20-7-3-2-4-8-20/h2-14,17,22,26,28,30H,15-16,18H2,1H3/t22-,26-/m0/s1. The lowest BCUT2D eigenvalue weighted by molar-refractivity contribution is 0.302. The molecule has 0 aliphatic carbocycles. The Morgan fingerprint density at radius 2 is 1.76 bits per heavy atom. The number of aryl methyl sites for hydroxylation is 1. The summed E-state index contributed by atoms with van der Waals surface area (Å²) in [5, 5.41) is 1.06. The van der Waals surface area contributed by atoms with Gasteiger partial charge in [0.05, 0.1) is 10.9 Å². The first-order valence-electron chi connectivity index (χ1n) is 11.4. The largest absolute Gasteiger partial charge is 0.478 e.